The van der Waals surface area contributed by atoms with Crippen LogP contribution in [0.3, 0.4) is 0 Å². The van der Waals surface area contributed by atoms with Gasteiger partial charge in [0, 0.05) is 22.7 Å². The number of aliphatic hydroxyl groups excluding tert-OH is 2. The smallest absolute Gasteiger partial charge is 0.249 e. The number of aromatic nitrogens is 1. The van der Waals surface area contributed by atoms with Crippen molar-refractivity contribution in [3.05, 3.63) is 36.0 Å². The second kappa shape index (κ2) is 3.96. The van der Waals surface area contributed by atoms with Crippen molar-refractivity contribution < 1.29 is 15.0 Å². The SMILES string of the molecule is NC(=O)C(O)C(O)c1c[nH]c2ccccc12. The van der Waals surface area contributed by atoms with Crippen LogP contribution in [0, 0.1) is 0 Å². The quantitative estimate of drug-likeness (QED) is 0.588. The zero-order valence-electron chi connectivity index (χ0n) is 8.42. The molecule has 0 aliphatic rings. The number of rotatable bonds is 3. The van der Waals surface area contributed by atoms with Crippen molar-refractivity contribution in [1.29, 1.82) is 0 Å². The van der Waals surface area contributed by atoms with Gasteiger partial charge in [0.1, 0.15) is 6.10 Å². The zero-order valence-corrected chi connectivity index (χ0v) is 8.42. The van der Waals surface area contributed by atoms with Gasteiger partial charge in [-0.15, -0.1) is 0 Å². The van der Waals surface area contributed by atoms with Crippen LogP contribution in [-0.4, -0.2) is 27.2 Å². The minimum absolute atomic E-state index is 0.460. The number of fused-ring (bicyclic) bond motifs is 1. The Kier molecular flexibility index (Phi) is 2.64. The highest BCUT2D eigenvalue weighted by Gasteiger charge is 2.25. The lowest BCUT2D eigenvalue weighted by molar-refractivity contribution is -0.131. The topological polar surface area (TPSA) is 99.3 Å². The maximum Gasteiger partial charge on any atom is 0.249 e. The molecular formula is C11H12N2O3. The number of carbonyl (C=O) groups excluding carboxylic acids is 1. The van der Waals surface area contributed by atoms with Gasteiger partial charge in [-0.1, -0.05) is 18.2 Å². The Hall–Kier alpha value is -1.85. The normalized spacial score (nSPS) is 14.9. The van der Waals surface area contributed by atoms with E-state index in [2.05, 4.69) is 4.98 Å². The van der Waals surface area contributed by atoms with Gasteiger partial charge >= 0.3 is 0 Å². The number of hydrogen-bond donors (Lipinski definition) is 4. The van der Waals surface area contributed by atoms with E-state index in [0.717, 1.165) is 10.9 Å². The molecule has 84 valence electrons. The van der Waals surface area contributed by atoms with E-state index in [1.807, 2.05) is 18.2 Å². The number of H-pyrrole nitrogens is 1. The second-order valence-corrected chi connectivity index (χ2v) is 3.58. The first-order valence-corrected chi connectivity index (χ1v) is 4.82. The minimum Gasteiger partial charge on any atom is -0.385 e. The standard InChI is InChI=1S/C11H12N2O3/c12-11(16)10(15)9(14)7-5-13-8-4-2-1-3-6(7)8/h1-5,9-10,13-15H,(H2,12,16). The lowest BCUT2D eigenvalue weighted by atomic mass is 10.0. The number of primary amides is 1. The average molecular weight is 220 g/mol. The van der Waals surface area contributed by atoms with Gasteiger partial charge < -0.3 is 20.9 Å². The molecule has 0 spiro atoms. The molecule has 0 fully saturated rings. The molecule has 2 atom stereocenters. The van der Waals surface area contributed by atoms with Crippen molar-refractivity contribution in [1.82, 2.24) is 4.98 Å². The van der Waals surface area contributed by atoms with Crippen LogP contribution in [-0.2, 0) is 4.79 Å². The van der Waals surface area contributed by atoms with Gasteiger partial charge in [0.15, 0.2) is 6.10 Å². The van der Waals surface area contributed by atoms with Gasteiger partial charge in [-0.3, -0.25) is 4.79 Å². The van der Waals surface area contributed by atoms with Crippen molar-refractivity contribution in [2.75, 3.05) is 0 Å². The van der Waals surface area contributed by atoms with Gasteiger partial charge in [0.25, 0.3) is 0 Å². The molecule has 16 heavy (non-hydrogen) atoms. The van der Waals surface area contributed by atoms with Gasteiger partial charge in [-0.2, -0.15) is 0 Å². The molecule has 5 nitrogen and oxygen atoms in total. The lowest BCUT2D eigenvalue weighted by Crippen LogP contribution is -2.33. The third-order valence-electron chi connectivity index (χ3n) is 2.53. The fourth-order valence-corrected chi connectivity index (χ4v) is 1.66. The number of benzene rings is 1. The zero-order chi connectivity index (χ0) is 11.7. The molecule has 2 rings (SSSR count). The Morgan fingerprint density at radius 2 is 2.00 bits per heavy atom. The van der Waals surface area contributed by atoms with Crippen LogP contribution in [0.5, 0.6) is 0 Å². The van der Waals surface area contributed by atoms with E-state index in [0.29, 0.717) is 5.56 Å². The van der Waals surface area contributed by atoms with Crippen molar-refractivity contribution >= 4 is 16.8 Å². The van der Waals surface area contributed by atoms with E-state index < -0.39 is 18.1 Å². The van der Waals surface area contributed by atoms with Crippen LogP contribution in [0.1, 0.15) is 11.7 Å². The number of nitrogens with one attached hydrogen (secondary N) is 1. The number of aliphatic hydroxyl groups is 2. The number of aromatic amines is 1. The molecule has 0 aliphatic heterocycles. The van der Waals surface area contributed by atoms with Crippen LogP contribution >= 0.6 is 0 Å². The van der Waals surface area contributed by atoms with Crippen LogP contribution in [0.25, 0.3) is 10.9 Å². The summed E-state index contributed by atoms with van der Waals surface area (Å²) in [4.78, 5) is 13.7. The van der Waals surface area contributed by atoms with Crippen LogP contribution in [0.15, 0.2) is 30.5 Å². The number of nitrogens with two attached hydrogens (primary N) is 1. The summed E-state index contributed by atoms with van der Waals surface area (Å²) in [7, 11) is 0. The van der Waals surface area contributed by atoms with Crippen molar-refractivity contribution in [2.24, 2.45) is 5.73 Å². The highest BCUT2D eigenvalue weighted by atomic mass is 16.3. The second-order valence-electron chi connectivity index (χ2n) is 3.58. The first-order valence-electron chi connectivity index (χ1n) is 4.82. The van der Waals surface area contributed by atoms with E-state index in [4.69, 9.17) is 5.73 Å². The predicted octanol–water partition coefficient (Wildman–Crippen LogP) is 0.0475. The van der Waals surface area contributed by atoms with Crippen LogP contribution in [0.4, 0.5) is 0 Å². The summed E-state index contributed by atoms with van der Waals surface area (Å²) in [6, 6.07) is 7.28. The Morgan fingerprint density at radius 3 is 2.69 bits per heavy atom. The molecule has 1 aromatic carbocycles. The predicted molar refractivity (Wildman–Crippen MR) is 58.5 cm³/mol. The molecule has 5 N–H and O–H groups in total. The lowest BCUT2D eigenvalue weighted by Gasteiger charge is -2.13. The first-order chi connectivity index (χ1) is 7.61. The molecular weight excluding hydrogens is 208 g/mol. The highest BCUT2D eigenvalue weighted by Crippen LogP contribution is 2.25. The monoisotopic (exact) mass is 220 g/mol. The molecule has 0 saturated carbocycles. The van der Waals surface area contributed by atoms with Gasteiger partial charge in [-0.25, -0.2) is 0 Å². The third-order valence-corrected chi connectivity index (χ3v) is 2.53. The summed E-state index contributed by atoms with van der Waals surface area (Å²) in [5, 5.41) is 19.9. The summed E-state index contributed by atoms with van der Waals surface area (Å²) >= 11 is 0. The summed E-state index contributed by atoms with van der Waals surface area (Å²) in [5.41, 5.74) is 6.22. The molecule has 0 radical (unpaired) electrons. The number of hydrogen-bond acceptors (Lipinski definition) is 3. The van der Waals surface area contributed by atoms with Crippen molar-refractivity contribution in [2.45, 2.75) is 12.2 Å². The summed E-state index contributed by atoms with van der Waals surface area (Å²) in [5.74, 6) is -0.946. The fraction of sp³-hybridized carbons (Fsp3) is 0.182. The Balaban J connectivity index is 2.44. The molecule has 0 bridgehead atoms. The molecule has 2 aromatic rings. The first kappa shape index (κ1) is 10.7. The van der Waals surface area contributed by atoms with Crippen LogP contribution in [0.2, 0.25) is 0 Å². The molecule has 1 amide bonds. The Bertz CT molecular complexity index is 521. The maximum atomic E-state index is 10.8. The van der Waals surface area contributed by atoms with E-state index in [9.17, 15) is 15.0 Å². The van der Waals surface area contributed by atoms with E-state index in [1.165, 1.54) is 0 Å². The average Bonchev–Trinajstić information content (AvgIpc) is 2.70. The molecule has 1 aromatic heterocycles. The minimum atomic E-state index is -1.60. The Labute approximate surface area is 91.5 Å². The largest absolute Gasteiger partial charge is 0.385 e. The molecule has 5 heteroatoms. The van der Waals surface area contributed by atoms with Crippen molar-refractivity contribution in [3.8, 4) is 0 Å². The summed E-state index contributed by atoms with van der Waals surface area (Å²) in [6.07, 6.45) is -1.35. The van der Waals surface area contributed by atoms with Gasteiger partial charge in [0.2, 0.25) is 5.91 Å². The van der Waals surface area contributed by atoms with Crippen LogP contribution < -0.4 is 5.73 Å². The molecule has 1 heterocycles. The summed E-state index contributed by atoms with van der Waals surface area (Å²) in [6.45, 7) is 0. The van der Waals surface area contributed by atoms with E-state index >= 15 is 0 Å². The number of carbonyl (C=O) groups is 1. The van der Waals surface area contributed by atoms with E-state index in [-0.39, 0.29) is 0 Å². The van der Waals surface area contributed by atoms with Gasteiger partial charge in [-0.05, 0) is 6.07 Å². The highest BCUT2D eigenvalue weighted by molar-refractivity contribution is 5.85. The molecule has 2 unspecified atom stereocenters. The molecule has 0 aliphatic carbocycles. The summed E-state index contributed by atoms with van der Waals surface area (Å²) < 4.78 is 0. The van der Waals surface area contributed by atoms with E-state index in [1.54, 1.807) is 12.3 Å². The molecule has 0 saturated heterocycles. The number of para-hydroxylation sites is 1. The van der Waals surface area contributed by atoms with Gasteiger partial charge in [0.05, 0.1) is 0 Å². The van der Waals surface area contributed by atoms with Crippen molar-refractivity contribution in [3.63, 3.8) is 0 Å². The fourth-order valence-electron chi connectivity index (χ4n) is 1.66. The third kappa shape index (κ3) is 1.66. The maximum absolute atomic E-state index is 10.8. The number of amides is 1. The Morgan fingerprint density at radius 1 is 1.31 bits per heavy atom.